The Labute approximate surface area is 111 Å². The fourth-order valence-corrected chi connectivity index (χ4v) is 2.36. The van der Waals surface area contributed by atoms with E-state index < -0.39 is 0 Å². The topological polar surface area (TPSA) is 37.2 Å². The van der Waals surface area contributed by atoms with Crippen molar-refractivity contribution in [3.05, 3.63) is 36.5 Å². The fraction of sp³-hybridized carbons (Fsp3) is 0.385. The van der Waals surface area contributed by atoms with Crippen LogP contribution in [0.2, 0.25) is 0 Å². The highest BCUT2D eigenvalue weighted by atomic mass is 19.1. The first-order valence-corrected chi connectivity index (χ1v) is 6.33. The van der Waals surface area contributed by atoms with Gasteiger partial charge in [-0.15, -0.1) is 0 Å². The van der Waals surface area contributed by atoms with Crippen LogP contribution >= 0.6 is 0 Å². The van der Waals surface area contributed by atoms with Crippen molar-refractivity contribution in [3.8, 4) is 0 Å². The first-order chi connectivity index (χ1) is 9.24. The number of aromatic nitrogens is 3. The lowest BCUT2D eigenvalue weighted by atomic mass is 10.3. The number of rotatable bonds is 2. The van der Waals surface area contributed by atoms with E-state index in [-0.39, 0.29) is 5.82 Å². The van der Waals surface area contributed by atoms with E-state index in [0.29, 0.717) is 5.82 Å². The molecule has 0 spiro atoms. The van der Waals surface area contributed by atoms with Gasteiger partial charge in [-0.05, 0) is 12.1 Å². The fourth-order valence-electron chi connectivity index (χ4n) is 2.36. The number of halogens is 1. The molecule has 100 valence electrons. The molecule has 1 fully saturated rings. The van der Waals surface area contributed by atoms with Crippen molar-refractivity contribution in [2.24, 2.45) is 7.05 Å². The third kappa shape index (κ3) is 2.38. The zero-order chi connectivity index (χ0) is 13.2. The Hall–Kier alpha value is -2.11. The molecule has 2 aromatic heterocycles. The molecule has 3 rings (SSSR count). The summed E-state index contributed by atoms with van der Waals surface area (Å²) in [5.41, 5.74) is 1.11. The molecule has 2 aromatic rings. The summed E-state index contributed by atoms with van der Waals surface area (Å²) >= 11 is 0. The molecule has 0 aromatic carbocycles. The van der Waals surface area contributed by atoms with Crippen LogP contribution in [-0.2, 0) is 7.05 Å². The summed E-state index contributed by atoms with van der Waals surface area (Å²) in [7, 11) is 1.91. The van der Waals surface area contributed by atoms with Crippen molar-refractivity contribution in [1.29, 1.82) is 0 Å². The van der Waals surface area contributed by atoms with Crippen LogP contribution in [0.4, 0.5) is 15.9 Å². The van der Waals surface area contributed by atoms with Gasteiger partial charge in [0, 0.05) is 45.6 Å². The highest BCUT2D eigenvalue weighted by molar-refractivity contribution is 5.47. The number of hydrogen-bond acceptors (Lipinski definition) is 4. The molecule has 19 heavy (non-hydrogen) atoms. The predicted octanol–water partition coefficient (Wildman–Crippen LogP) is 1.28. The molecule has 6 heteroatoms. The Bertz CT molecular complexity index is 560. The van der Waals surface area contributed by atoms with Crippen molar-refractivity contribution in [1.82, 2.24) is 14.8 Å². The minimum Gasteiger partial charge on any atom is -0.365 e. The van der Waals surface area contributed by atoms with E-state index >= 15 is 0 Å². The van der Waals surface area contributed by atoms with Crippen LogP contribution in [-0.4, -0.2) is 40.9 Å². The second-order valence-electron chi connectivity index (χ2n) is 4.66. The maximum atomic E-state index is 13.7. The molecule has 0 bridgehead atoms. The SMILES string of the molecule is Cn1cc(N2CCN(c3ncccc3F)CC2)cn1. The third-order valence-electron chi connectivity index (χ3n) is 3.37. The van der Waals surface area contributed by atoms with Gasteiger partial charge in [0.15, 0.2) is 11.6 Å². The van der Waals surface area contributed by atoms with Crippen molar-refractivity contribution >= 4 is 11.5 Å². The highest BCUT2D eigenvalue weighted by Crippen LogP contribution is 2.20. The quantitative estimate of drug-likeness (QED) is 0.816. The lowest BCUT2D eigenvalue weighted by Crippen LogP contribution is -2.47. The maximum Gasteiger partial charge on any atom is 0.165 e. The molecule has 5 nitrogen and oxygen atoms in total. The Morgan fingerprint density at radius 3 is 2.53 bits per heavy atom. The van der Waals surface area contributed by atoms with Crippen LogP contribution in [0, 0.1) is 5.82 Å². The summed E-state index contributed by atoms with van der Waals surface area (Å²) < 4.78 is 15.5. The average Bonchev–Trinajstić information content (AvgIpc) is 2.86. The van der Waals surface area contributed by atoms with E-state index in [1.807, 2.05) is 24.3 Å². The summed E-state index contributed by atoms with van der Waals surface area (Å²) in [6.45, 7) is 3.23. The minimum atomic E-state index is -0.252. The Balaban J connectivity index is 1.68. The molecule has 0 atom stereocenters. The van der Waals surface area contributed by atoms with E-state index in [0.717, 1.165) is 31.9 Å². The monoisotopic (exact) mass is 261 g/mol. The number of piperazine rings is 1. The third-order valence-corrected chi connectivity index (χ3v) is 3.37. The molecule has 0 amide bonds. The van der Waals surface area contributed by atoms with E-state index in [9.17, 15) is 4.39 Å². The molecule has 0 saturated carbocycles. The molecule has 1 aliphatic rings. The zero-order valence-corrected chi connectivity index (χ0v) is 10.8. The van der Waals surface area contributed by atoms with Crippen LogP contribution < -0.4 is 9.80 Å². The number of pyridine rings is 1. The van der Waals surface area contributed by atoms with Gasteiger partial charge in [-0.25, -0.2) is 9.37 Å². The first-order valence-electron chi connectivity index (χ1n) is 6.33. The Morgan fingerprint density at radius 2 is 1.89 bits per heavy atom. The van der Waals surface area contributed by atoms with Crippen LogP contribution in [0.3, 0.4) is 0 Å². The molecule has 0 aliphatic carbocycles. The summed E-state index contributed by atoms with van der Waals surface area (Å²) in [6, 6.07) is 3.07. The Morgan fingerprint density at radius 1 is 1.16 bits per heavy atom. The first kappa shape index (κ1) is 12.0. The molecule has 0 unspecified atom stereocenters. The number of aryl methyl sites for hydroxylation is 1. The summed E-state index contributed by atoms with van der Waals surface area (Å²) in [6.07, 6.45) is 5.49. The van der Waals surface area contributed by atoms with E-state index in [1.54, 1.807) is 16.9 Å². The van der Waals surface area contributed by atoms with Crippen LogP contribution in [0.1, 0.15) is 0 Å². The number of hydrogen-bond donors (Lipinski definition) is 0. The largest absolute Gasteiger partial charge is 0.365 e. The normalized spacial score (nSPS) is 15.9. The molecule has 0 N–H and O–H groups in total. The highest BCUT2D eigenvalue weighted by Gasteiger charge is 2.20. The zero-order valence-electron chi connectivity index (χ0n) is 10.8. The van der Waals surface area contributed by atoms with Gasteiger partial charge in [0.1, 0.15) is 0 Å². The average molecular weight is 261 g/mol. The molecule has 3 heterocycles. The van der Waals surface area contributed by atoms with Crippen molar-refractivity contribution in [2.45, 2.75) is 0 Å². The van der Waals surface area contributed by atoms with Crippen molar-refractivity contribution in [2.75, 3.05) is 36.0 Å². The maximum absolute atomic E-state index is 13.7. The lowest BCUT2D eigenvalue weighted by Gasteiger charge is -2.36. The van der Waals surface area contributed by atoms with Gasteiger partial charge in [-0.1, -0.05) is 0 Å². The van der Waals surface area contributed by atoms with Gasteiger partial charge in [-0.2, -0.15) is 5.10 Å². The molecular weight excluding hydrogens is 245 g/mol. The van der Waals surface area contributed by atoms with Crippen LogP contribution in [0.15, 0.2) is 30.7 Å². The summed E-state index contributed by atoms with van der Waals surface area (Å²) in [4.78, 5) is 8.36. The smallest absolute Gasteiger partial charge is 0.165 e. The lowest BCUT2D eigenvalue weighted by molar-refractivity contribution is 0.588. The molecule has 1 saturated heterocycles. The van der Waals surface area contributed by atoms with Gasteiger partial charge < -0.3 is 9.80 Å². The van der Waals surface area contributed by atoms with Crippen molar-refractivity contribution < 1.29 is 4.39 Å². The van der Waals surface area contributed by atoms with Crippen LogP contribution in [0.25, 0.3) is 0 Å². The second-order valence-corrected chi connectivity index (χ2v) is 4.66. The summed E-state index contributed by atoms with van der Waals surface area (Å²) in [5.74, 6) is 0.200. The predicted molar refractivity (Wildman–Crippen MR) is 71.8 cm³/mol. The van der Waals surface area contributed by atoms with Crippen molar-refractivity contribution in [3.63, 3.8) is 0 Å². The molecule has 1 aliphatic heterocycles. The number of nitrogens with zero attached hydrogens (tertiary/aromatic N) is 5. The summed E-state index contributed by atoms with van der Waals surface area (Å²) in [5, 5.41) is 4.17. The standard InChI is InChI=1S/C13H16FN5/c1-17-10-11(9-16-17)18-5-7-19(8-6-18)13-12(14)3-2-4-15-13/h2-4,9-10H,5-8H2,1H3. The van der Waals surface area contributed by atoms with Gasteiger partial charge in [-0.3, -0.25) is 4.68 Å². The van der Waals surface area contributed by atoms with Gasteiger partial charge in [0.2, 0.25) is 0 Å². The van der Waals surface area contributed by atoms with E-state index in [1.165, 1.54) is 6.07 Å². The van der Waals surface area contributed by atoms with Crippen LogP contribution in [0.5, 0.6) is 0 Å². The number of anilines is 2. The van der Waals surface area contributed by atoms with Gasteiger partial charge in [0.25, 0.3) is 0 Å². The second kappa shape index (κ2) is 4.87. The minimum absolute atomic E-state index is 0.252. The van der Waals surface area contributed by atoms with E-state index in [2.05, 4.69) is 15.0 Å². The van der Waals surface area contributed by atoms with Gasteiger partial charge in [0.05, 0.1) is 11.9 Å². The Kier molecular flexibility index (Phi) is 3.06. The molecule has 0 radical (unpaired) electrons. The van der Waals surface area contributed by atoms with E-state index in [4.69, 9.17) is 0 Å². The van der Waals surface area contributed by atoms with Gasteiger partial charge >= 0.3 is 0 Å². The molecular formula is C13H16FN5.